The van der Waals surface area contributed by atoms with Crippen LogP contribution in [0.15, 0.2) is 24.3 Å². The average molecular weight is 207 g/mol. The van der Waals surface area contributed by atoms with Crippen LogP contribution in [0.25, 0.3) is 0 Å². The third-order valence-corrected chi connectivity index (χ3v) is 4.09. The van der Waals surface area contributed by atoms with Gasteiger partial charge >= 0.3 is 0 Å². The molecule has 1 aromatic carbocycles. The Hall–Kier alpha value is -0.470. The Morgan fingerprint density at radius 2 is 2.21 bits per heavy atom. The fourth-order valence-electron chi connectivity index (χ4n) is 2.10. The van der Waals surface area contributed by atoms with Crippen molar-refractivity contribution in [2.24, 2.45) is 5.73 Å². The van der Waals surface area contributed by atoms with Crippen LogP contribution in [0.5, 0.6) is 0 Å². The first-order valence-electron chi connectivity index (χ1n) is 5.27. The minimum atomic E-state index is 0.678. The molecule has 2 rings (SSSR count). The van der Waals surface area contributed by atoms with Crippen LogP contribution in [0.3, 0.4) is 0 Å². The third-order valence-electron chi connectivity index (χ3n) is 2.88. The molecule has 2 N–H and O–H groups in total. The van der Waals surface area contributed by atoms with Gasteiger partial charge in [-0.3, -0.25) is 0 Å². The second kappa shape index (κ2) is 4.85. The smallest absolute Gasteiger partial charge is 0.0180 e. The van der Waals surface area contributed by atoms with Crippen molar-refractivity contribution in [3.8, 4) is 0 Å². The minimum Gasteiger partial charge on any atom is -0.326 e. The zero-order valence-electron chi connectivity index (χ0n) is 8.41. The fourth-order valence-corrected chi connectivity index (χ4v) is 3.27. The van der Waals surface area contributed by atoms with E-state index in [9.17, 15) is 0 Å². The molecule has 14 heavy (non-hydrogen) atoms. The predicted molar refractivity (Wildman–Crippen MR) is 63.6 cm³/mol. The highest BCUT2D eigenvalue weighted by molar-refractivity contribution is 7.99. The largest absolute Gasteiger partial charge is 0.326 e. The minimum absolute atomic E-state index is 0.678. The van der Waals surface area contributed by atoms with Crippen LogP contribution in [0.1, 0.15) is 29.9 Å². The van der Waals surface area contributed by atoms with Crippen LogP contribution in [0.4, 0.5) is 0 Å². The molecule has 0 aromatic heterocycles. The first-order chi connectivity index (χ1) is 6.92. The highest BCUT2D eigenvalue weighted by atomic mass is 32.2. The molecular weight excluding hydrogens is 190 g/mol. The summed E-state index contributed by atoms with van der Waals surface area (Å²) in [4.78, 5) is 0. The summed E-state index contributed by atoms with van der Waals surface area (Å²) in [6.45, 7) is 0.678. The Balaban J connectivity index is 2.20. The molecule has 0 bridgehead atoms. The molecule has 1 fully saturated rings. The maximum Gasteiger partial charge on any atom is 0.0180 e. The van der Waals surface area contributed by atoms with E-state index < -0.39 is 0 Å². The second-order valence-electron chi connectivity index (χ2n) is 3.82. The lowest BCUT2D eigenvalue weighted by molar-refractivity contribution is 0.653. The van der Waals surface area contributed by atoms with Gasteiger partial charge in [0.25, 0.3) is 0 Å². The van der Waals surface area contributed by atoms with Crippen molar-refractivity contribution in [2.45, 2.75) is 25.3 Å². The van der Waals surface area contributed by atoms with Gasteiger partial charge in [-0.25, -0.2) is 0 Å². The van der Waals surface area contributed by atoms with Crippen LogP contribution in [-0.2, 0) is 6.54 Å². The standard InChI is InChI=1S/C12H17NS/c13-8-10-4-1-2-6-12(10)11-5-3-7-14-9-11/h1-2,4,6,11H,3,5,7-9,13H2. The molecule has 76 valence electrons. The predicted octanol–water partition coefficient (Wildman–Crippen LogP) is 2.76. The van der Waals surface area contributed by atoms with Crippen molar-refractivity contribution < 1.29 is 0 Å². The van der Waals surface area contributed by atoms with Crippen molar-refractivity contribution >= 4 is 11.8 Å². The van der Waals surface area contributed by atoms with Crippen LogP contribution in [0, 0.1) is 0 Å². The van der Waals surface area contributed by atoms with Gasteiger partial charge in [-0.1, -0.05) is 24.3 Å². The maximum absolute atomic E-state index is 5.75. The molecule has 1 atom stereocenters. The van der Waals surface area contributed by atoms with Gasteiger partial charge in [-0.2, -0.15) is 11.8 Å². The lowest BCUT2D eigenvalue weighted by atomic mass is 9.92. The molecule has 0 amide bonds. The molecule has 1 aliphatic rings. The van der Waals surface area contributed by atoms with Crippen molar-refractivity contribution in [3.05, 3.63) is 35.4 Å². The molecular formula is C12H17NS. The molecule has 1 saturated heterocycles. The van der Waals surface area contributed by atoms with E-state index in [1.807, 2.05) is 0 Å². The summed E-state index contributed by atoms with van der Waals surface area (Å²) in [5, 5.41) is 0. The highest BCUT2D eigenvalue weighted by Gasteiger charge is 2.17. The molecule has 0 spiro atoms. The van der Waals surface area contributed by atoms with E-state index in [-0.39, 0.29) is 0 Å². The Labute approximate surface area is 90.1 Å². The second-order valence-corrected chi connectivity index (χ2v) is 4.97. The maximum atomic E-state index is 5.75. The van der Waals surface area contributed by atoms with Crippen LogP contribution >= 0.6 is 11.8 Å². The van der Waals surface area contributed by atoms with Gasteiger partial charge in [0.15, 0.2) is 0 Å². The molecule has 0 radical (unpaired) electrons. The van der Waals surface area contributed by atoms with Gasteiger partial charge in [-0.05, 0) is 35.6 Å². The molecule has 1 aromatic rings. The lowest BCUT2D eigenvalue weighted by Gasteiger charge is -2.23. The summed E-state index contributed by atoms with van der Waals surface area (Å²) in [7, 11) is 0. The van der Waals surface area contributed by atoms with E-state index in [1.165, 1.54) is 35.5 Å². The highest BCUT2D eigenvalue weighted by Crippen LogP contribution is 2.32. The van der Waals surface area contributed by atoms with Crippen LogP contribution in [-0.4, -0.2) is 11.5 Å². The molecule has 1 heterocycles. The zero-order valence-corrected chi connectivity index (χ0v) is 9.22. The third kappa shape index (κ3) is 2.12. The SMILES string of the molecule is NCc1ccccc1C1CCCSC1. The first kappa shape index (κ1) is 10.1. The normalized spacial score (nSPS) is 22.2. The van der Waals surface area contributed by atoms with Gasteiger partial charge in [-0.15, -0.1) is 0 Å². The lowest BCUT2D eigenvalue weighted by Crippen LogP contribution is -2.12. The molecule has 1 aliphatic heterocycles. The van der Waals surface area contributed by atoms with E-state index in [0.717, 1.165) is 5.92 Å². The summed E-state index contributed by atoms with van der Waals surface area (Å²) in [6.07, 6.45) is 2.69. The summed E-state index contributed by atoms with van der Waals surface area (Å²) in [6, 6.07) is 8.63. The summed E-state index contributed by atoms with van der Waals surface area (Å²) < 4.78 is 0. The van der Waals surface area contributed by atoms with Crippen molar-refractivity contribution in [1.29, 1.82) is 0 Å². The summed E-state index contributed by atoms with van der Waals surface area (Å²) in [5.41, 5.74) is 8.57. The van der Waals surface area contributed by atoms with Crippen LogP contribution in [0.2, 0.25) is 0 Å². The fraction of sp³-hybridized carbons (Fsp3) is 0.500. The Morgan fingerprint density at radius 3 is 2.93 bits per heavy atom. The number of hydrogen-bond donors (Lipinski definition) is 1. The van der Waals surface area contributed by atoms with E-state index in [2.05, 4.69) is 36.0 Å². The van der Waals surface area contributed by atoms with Crippen molar-refractivity contribution in [3.63, 3.8) is 0 Å². The van der Waals surface area contributed by atoms with E-state index in [4.69, 9.17) is 5.73 Å². The number of nitrogens with two attached hydrogens (primary N) is 1. The van der Waals surface area contributed by atoms with Crippen LogP contribution < -0.4 is 5.73 Å². The molecule has 2 heteroatoms. The van der Waals surface area contributed by atoms with Gasteiger partial charge in [0.05, 0.1) is 0 Å². The zero-order chi connectivity index (χ0) is 9.80. The van der Waals surface area contributed by atoms with Gasteiger partial charge in [0.1, 0.15) is 0 Å². The number of rotatable bonds is 2. The molecule has 0 aliphatic carbocycles. The topological polar surface area (TPSA) is 26.0 Å². The Kier molecular flexibility index (Phi) is 3.49. The van der Waals surface area contributed by atoms with Gasteiger partial charge in [0.2, 0.25) is 0 Å². The van der Waals surface area contributed by atoms with E-state index >= 15 is 0 Å². The molecule has 1 nitrogen and oxygen atoms in total. The monoisotopic (exact) mass is 207 g/mol. The van der Waals surface area contributed by atoms with E-state index in [0.29, 0.717) is 6.54 Å². The van der Waals surface area contributed by atoms with Gasteiger partial charge < -0.3 is 5.73 Å². The summed E-state index contributed by atoms with van der Waals surface area (Å²) >= 11 is 2.08. The first-order valence-corrected chi connectivity index (χ1v) is 6.43. The Morgan fingerprint density at radius 1 is 1.36 bits per heavy atom. The molecule has 1 unspecified atom stereocenters. The number of thioether (sulfide) groups is 1. The molecule has 0 saturated carbocycles. The quantitative estimate of drug-likeness (QED) is 0.807. The summed E-state index contributed by atoms with van der Waals surface area (Å²) in [5.74, 6) is 3.35. The number of hydrogen-bond acceptors (Lipinski definition) is 2. The van der Waals surface area contributed by atoms with E-state index in [1.54, 1.807) is 0 Å². The van der Waals surface area contributed by atoms with Gasteiger partial charge in [0, 0.05) is 12.3 Å². The average Bonchev–Trinajstić information content (AvgIpc) is 2.30. The Bertz CT molecular complexity index is 292. The number of benzene rings is 1. The van der Waals surface area contributed by atoms with Crippen molar-refractivity contribution in [2.75, 3.05) is 11.5 Å². The van der Waals surface area contributed by atoms with Crippen molar-refractivity contribution in [1.82, 2.24) is 0 Å².